The molecule has 0 aliphatic carbocycles. The smallest absolute Gasteiger partial charge is 0.378 e. The van der Waals surface area contributed by atoms with Crippen molar-refractivity contribution in [3.05, 3.63) is 59.6 Å². The van der Waals surface area contributed by atoms with E-state index in [-0.39, 0.29) is 18.6 Å². The molecule has 7 nitrogen and oxygen atoms in total. The molecular formula is C23H19F3N6O. The van der Waals surface area contributed by atoms with Crippen molar-refractivity contribution in [2.45, 2.75) is 44.5 Å². The number of imidazole rings is 1. The van der Waals surface area contributed by atoms with Crippen molar-refractivity contribution in [2.75, 3.05) is 6.61 Å². The predicted molar refractivity (Wildman–Crippen MR) is 113 cm³/mol. The van der Waals surface area contributed by atoms with Gasteiger partial charge >= 0.3 is 6.18 Å². The van der Waals surface area contributed by atoms with Crippen LogP contribution in [0.2, 0.25) is 0 Å². The Morgan fingerprint density at radius 3 is 2.70 bits per heavy atom. The number of ether oxygens (including phenoxy) is 1. The molecule has 1 aromatic carbocycles. The van der Waals surface area contributed by atoms with Gasteiger partial charge in [-0.1, -0.05) is 0 Å². The molecule has 4 heterocycles. The molecule has 0 unspecified atom stereocenters. The average molecular weight is 452 g/mol. The van der Waals surface area contributed by atoms with Crippen LogP contribution in [0.1, 0.15) is 48.6 Å². The van der Waals surface area contributed by atoms with Crippen molar-refractivity contribution < 1.29 is 17.9 Å². The van der Waals surface area contributed by atoms with Gasteiger partial charge in [-0.3, -0.25) is 9.97 Å². The van der Waals surface area contributed by atoms with Crippen LogP contribution in [0.25, 0.3) is 21.9 Å². The van der Waals surface area contributed by atoms with Gasteiger partial charge in [-0.25, -0.2) is 9.97 Å². The van der Waals surface area contributed by atoms with Gasteiger partial charge in [-0.2, -0.15) is 18.4 Å². The molecule has 4 aromatic rings. The van der Waals surface area contributed by atoms with Crippen LogP contribution >= 0.6 is 0 Å². The fourth-order valence-electron chi connectivity index (χ4n) is 4.38. The van der Waals surface area contributed by atoms with Gasteiger partial charge in [0, 0.05) is 30.7 Å². The van der Waals surface area contributed by atoms with Crippen LogP contribution in [-0.2, 0) is 17.3 Å². The van der Waals surface area contributed by atoms with Crippen LogP contribution in [0, 0.1) is 11.3 Å². The minimum Gasteiger partial charge on any atom is -0.378 e. The highest BCUT2D eigenvalue weighted by molar-refractivity contribution is 6.02. The number of alkyl halides is 3. The highest BCUT2D eigenvalue weighted by Gasteiger charge is 2.33. The van der Waals surface area contributed by atoms with Gasteiger partial charge in [-0.05, 0) is 38.0 Å². The molecule has 1 fully saturated rings. The highest BCUT2D eigenvalue weighted by Crippen LogP contribution is 2.34. The van der Waals surface area contributed by atoms with Gasteiger partial charge < -0.3 is 9.30 Å². The maximum Gasteiger partial charge on any atom is 0.434 e. The number of fused-ring (bicyclic) bond motifs is 3. The number of benzene rings is 1. The van der Waals surface area contributed by atoms with Gasteiger partial charge in [0.1, 0.15) is 11.3 Å². The zero-order valence-corrected chi connectivity index (χ0v) is 17.7. The van der Waals surface area contributed by atoms with Crippen molar-refractivity contribution in [1.82, 2.24) is 24.5 Å². The third-order valence-electron chi connectivity index (χ3n) is 5.88. The lowest BCUT2D eigenvalue weighted by molar-refractivity contribution is -0.141. The SMILES string of the molecule is C[C@@H]1C[C@H](n2c(Cc3cnc(C(F)(F)F)cn3)nc3cnc4ccc(C#N)cc4c32)CCO1. The average Bonchev–Trinajstić information content (AvgIpc) is 3.17. The van der Waals surface area contributed by atoms with E-state index in [4.69, 9.17) is 9.72 Å². The van der Waals surface area contributed by atoms with E-state index in [0.29, 0.717) is 29.2 Å². The van der Waals surface area contributed by atoms with Gasteiger partial charge in [0.05, 0.1) is 46.9 Å². The number of nitrogens with zero attached hydrogens (tertiary/aromatic N) is 6. The molecule has 33 heavy (non-hydrogen) atoms. The van der Waals surface area contributed by atoms with Crippen molar-refractivity contribution >= 4 is 21.9 Å². The van der Waals surface area contributed by atoms with E-state index in [9.17, 15) is 18.4 Å². The molecular weight excluding hydrogens is 433 g/mol. The lowest BCUT2D eigenvalue weighted by Crippen LogP contribution is -2.26. The number of hydrogen-bond acceptors (Lipinski definition) is 6. The molecule has 1 aliphatic rings. The van der Waals surface area contributed by atoms with E-state index < -0.39 is 11.9 Å². The largest absolute Gasteiger partial charge is 0.434 e. The third kappa shape index (κ3) is 4.00. The van der Waals surface area contributed by atoms with Crippen LogP contribution in [0.5, 0.6) is 0 Å². The molecule has 1 aliphatic heterocycles. The maximum atomic E-state index is 12.9. The van der Waals surface area contributed by atoms with E-state index in [1.54, 1.807) is 24.4 Å². The van der Waals surface area contributed by atoms with Gasteiger partial charge in [0.15, 0.2) is 5.69 Å². The third-order valence-corrected chi connectivity index (χ3v) is 5.88. The van der Waals surface area contributed by atoms with Crippen LogP contribution in [0.15, 0.2) is 36.8 Å². The van der Waals surface area contributed by atoms with Crippen LogP contribution in [-0.4, -0.2) is 37.2 Å². The first kappa shape index (κ1) is 21.3. The summed E-state index contributed by atoms with van der Waals surface area (Å²) >= 11 is 0. The second kappa shape index (κ2) is 8.08. The first-order chi connectivity index (χ1) is 15.8. The van der Waals surface area contributed by atoms with Crippen molar-refractivity contribution in [3.63, 3.8) is 0 Å². The van der Waals surface area contributed by atoms with E-state index in [1.165, 1.54) is 0 Å². The maximum absolute atomic E-state index is 12.9. The molecule has 1 saturated heterocycles. The Balaban J connectivity index is 1.67. The summed E-state index contributed by atoms with van der Waals surface area (Å²) in [6.45, 7) is 2.61. The number of pyridine rings is 1. The number of nitriles is 1. The van der Waals surface area contributed by atoms with Gasteiger partial charge in [0.25, 0.3) is 0 Å². The summed E-state index contributed by atoms with van der Waals surface area (Å²) in [6, 6.07) is 7.56. The first-order valence-electron chi connectivity index (χ1n) is 10.5. The Bertz CT molecular complexity index is 1370. The summed E-state index contributed by atoms with van der Waals surface area (Å²) in [7, 11) is 0. The zero-order valence-electron chi connectivity index (χ0n) is 17.7. The molecule has 0 amide bonds. The van der Waals surface area contributed by atoms with Crippen molar-refractivity contribution in [2.24, 2.45) is 0 Å². The molecule has 0 bridgehead atoms. The second-order valence-corrected chi connectivity index (χ2v) is 8.16. The molecule has 0 N–H and O–H groups in total. The molecule has 5 rings (SSSR count). The summed E-state index contributed by atoms with van der Waals surface area (Å²) < 4.78 is 46.5. The lowest BCUT2D eigenvalue weighted by atomic mass is 10.0. The van der Waals surface area contributed by atoms with E-state index in [2.05, 4.69) is 25.6 Å². The Morgan fingerprint density at radius 2 is 2.00 bits per heavy atom. The summed E-state index contributed by atoms with van der Waals surface area (Å²) in [6.07, 6.45) is 0.832. The Hall–Kier alpha value is -3.58. The van der Waals surface area contributed by atoms with Crippen LogP contribution in [0.3, 0.4) is 0 Å². The summed E-state index contributed by atoms with van der Waals surface area (Å²) in [5.41, 5.74) is 2.12. The highest BCUT2D eigenvalue weighted by atomic mass is 19.4. The summed E-state index contributed by atoms with van der Waals surface area (Å²) in [5.74, 6) is 0.662. The Labute approximate surface area is 186 Å². The standard InChI is InChI=1S/C23H19F3N6O/c1-13-6-16(4-5-33-13)32-21(8-15-10-30-20(12-28-15)23(24,25)26)31-19-11-29-18-3-2-14(9-27)7-17(18)22(19)32/h2-3,7,10-13,16H,4-6,8H2,1H3/t13-,16-/m1/s1. The molecule has 0 radical (unpaired) electrons. The number of hydrogen-bond donors (Lipinski definition) is 0. The lowest BCUT2D eigenvalue weighted by Gasteiger charge is -2.30. The van der Waals surface area contributed by atoms with Crippen LogP contribution in [0.4, 0.5) is 13.2 Å². The normalized spacial score (nSPS) is 19.1. The van der Waals surface area contributed by atoms with E-state index in [0.717, 1.165) is 41.7 Å². The Morgan fingerprint density at radius 1 is 1.15 bits per heavy atom. The number of rotatable bonds is 3. The monoisotopic (exact) mass is 452 g/mol. The minimum atomic E-state index is -4.54. The van der Waals surface area contributed by atoms with Crippen molar-refractivity contribution in [1.29, 1.82) is 5.26 Å². The summed E-state index contributed by atoms with van der Waals surface area (Å²) in [4.78, 5) is 16.8. The fraction of sp³-hybridized carbons (Fsp3) is 0.348. The van der Waals surface area contributed by atoms with E-state index in [1.807, 2.05) is 6.92 Å². The second-order valence-electron chi connectivity index (χ2n) is 8.16. The molecule has 10 heteroatoms. The predicted octanol–water partition coefficient (Wildman–Crippen LogP) is 4.60. The topological polar surface area (TPSA) is 89.5 Å². The minimum absolute atomic E-state index is 0.0580. The first-order valence-corrected chi connectivity index (χ1v) is 10.5. The van der Waals surface area contributed by atoms with Crippen LogP contribution < -0.4 is 0 Å². The quantitative estimate of drug-likeness (QED) is 0.452. The van der Waals surface area contributed by atoms with Gasteiger partial charge in [0.2, 0.25) is 0 Å². The molecule has 3 aromatic heterocycles. The summed E-state index contributed by atoms with van der Waals surface area (Å²) in [5, 5.41) is 10.2. The molecule has 0 spiro atoms. The Kier molecular flexibility index (Phi) is 5.21. The number of halogens is 3. The van der Waals surface area contributed by atoms with E-state index >= 15 is 0 Å². The van der Waals surface area contributed by atoms with Crippen molar-refractivity contribution in [3.8, 4) is 6.07 Å². The fourth-order valence-corrected chi connectivity index (χ4v) is 4.38. The number of aromatic nitrogens is 5. The zero-order chi connectivity index (χ0) is 23.2. The molecule has 0 saturated carbocycles. The molecule has 2 atom stereocenters. The van der Waals surface area contributed by atoms with Gasteiger partial charge in [-0.15, -0.1) is 0 Å². The molecule has 168 valence electrons.